The first kappa shape index (κ1) is 13.7. The molecule has 0 amide bonds. The van der Waals surface area contributed by atoms with E-state index in [0.29, 0.717) is 21.5 Å². The first-order chi connectivity index (χ1) is 9.15. The van der Waals surface area contributed by atoms with Crippen LogP contribution in [0.4, 0.5) is 0 Å². The van der Waals surface area contributed by atoms with Crippen LogP contribution in [-0.2, 0) is 4.74 Å². The van der Waals surface area contributed by atoms with E-state index in [4.69, 9.17) is 14.2 Å². The molecule has 2 aromatic carbocycles. The van der Waals surface area contributed by atoms with E-state index < -0.39 is 5.97 Å². The van der Waals surface area contributed by atoms with Crippen LogP contribution in [0.2, 0.25) is 0 Å². The van der Waals surface area contributed by atoms with Gasteiger partial charge in [-0.05, 0) is 15.9 Å². The number of ether oxygens (including phenoxy) is 3. The molecular formula is C14H13BrO4. The monoisotopic (exact) mass is 324 g/mol. The Balaban J connectivity index is 2.95. The van der Waals surface area contributed by atoms with E-state index in [9.17, 15) is 4.79 Å². The molecule has 0 saturated carbocycles. The molecule has 0 saturated heterocycles. The standard InChI is InChI=1S/C14H13BrO4/c1-17-12-8-6-4-5-7-9(8)13(18-2)11(15)10(12)14(16)19-3/h4-7H,1-3H3. The zero-order valence-corrected chi connectivity index (χ0v) is 12.4. The van der Waals surface area contributed by atoms with Crippen LogP contribution in [0.1, 0.15) is 10.4 Å². The zero-order valence-electron chi connectivity index (χ0n) is 10.8. The van der Waals surface area contributed by atoms with Crippen LogP contribution < -0.4 is 9.47 Å². The summed E-state index contributed by atoms with van der Waals surface area (Å²) in [4.78, 5) is 11.9. The molecule has 0 aliphatic carbocycles. The number of methoxy groups -OCH3 is 3. The summed E-state index contributed by atoms with van der Waals surface area (Å²) in [6, 6.07) is 7.55. The number of hydrogen-bond acceptors (Lipinski definition) is 4. The summed E-state index contributed by atoms with van der Waals surface area (Å²) in [5, 5.41) is 1.66. The molecule has 0 N–H and O–H groups in total. The highest BCUT2D eigenvalue weighted by molar-refractivity contribution is 9.10. The summed E-state index contributed by atoms with van der Waals surface area (Å²) < 4.78 is 16.1. The van der Waals surface area contributed by atoms with Crippen LogP contribution >= 0.6 is 15.9 Å². The summed E-state index contributed by atoms with van der Waals surface area (Å²) in [5.74, 6) is 0.569. The quantitative estimate of drug-likeness (QED) is 0.812. The maximum absolute atomic E-state index is 11.9. The summed E-state index contributed by atoms with van der Waals surface area (Å²) in [5.41, 5.74) is 0.320. The van der Waals surface area contributed by atoms with Gasteiger partial charge in [-0.1, -0.05) is 24.3 Å². The van der Waals surface area contributed by atoms with Crippen molar-refractivity contribution in [3.63, 3.8) is 0 Å². The zero-order chi connectivity index (χ0) is 14.0. The lowest BCUT2D eigenvalue weighted by molar-refractivity contribution is 0.0596. The second-order valence-corrected chi connectivity index (χ2v) is 4.59. The lowest BCUT2D eigenvalue weighted by Crippen LogP contribution is -2.07. The van der Waals surface area contributed by atoms with E-state index in [1.54, 1.807) is 7.11 Å². The van der Waals surface area contributed by atoms with Crippen LogP contribution in [-0.4, -0.2) is 27.3 Å². The molecule has 0 radical (unpaired) electrons. The molecule has 0 aliphatic rings. The molecule has 2 rings (SSSR count). The molecule has 0 spiro atoms. The third-order valence-electron chi connectivity index (χ3n) is 2.86. The summed E-state index contributed by atoms with van der Waals surface area (Å²) in [7, 11) is 4.41. The van der Waals surface area contributed by atoms with Gasteiger partial charge in [0, 0.05) is 10.8 Å². The lowest BCUT2D eigenvalue weighted by Gasteiger charge is -2.16. The van der Waals surface area contributed by atoms with Crippen molar-refractivity contribution in [2.45, 2.75) is 0 Å². The van der Waals surface area contributed by atoms with E-state index in [-0.39, 0.29) is 0 Å². The summed E-state index contributed by atoms with van der Waals surface area (Å²) in [6.07, 6.45) is 0. The Morgan fingerprint density at radius 1 is 1.00 bits per heavy atom. The topological polar surface area (TPSA) is 44.8 Å². The number of esters is 1. The van der Waals surface area contributed by atoms with E-state index in [1.807, 2.05) is 24.3 Å². The smallest absolute Gasteiger partial charge is 0.342 e. The molecule has 4 nitrogen and oxygen atoms in total. The fraction of sp³-hybridized carbons (Fsp3) is 0.214. The molecule has 0 atom stereocenters. The number of rotatable bonds is 3. The van der Waals surface area contributed by atoms with Crippen LogP contribution in [0, 0.1) is 0 Å². The van der Waals surface area contributed by atoms with Crippen molar-refractivity contribution in [2.24, 2.45) is 0 Å². The number of carbonyl (C=O) groups is 1. The maximum Gasteiger partial charge on any atom is 0.342 e. The first-order valence-corrected chi connectivity index (χ1v) is 6.35. The van der Waals surface area contributed by atoms with Gasteiger partial charge in [0.25, 0.3) is 0 Å². The Hall–Kier alpha value is -1.75. The van der Waals surface area contributed by atoms with Crippen molar-refractivity contribution in [3.05, 3.63) is 34.3 Å². The SMILES string of the molecule is COC(=O)c1c(Br)c(OC)c2ccccc2c1OC. The summed E-state index contributed by atoms with van der Waals surface area (Å²) in [6.45, 7) is 0. The van der Waals surface area contributed by atoms with Crippen molar-refractivity contribution in [2.75, 3.05) is 21.3 Å². The predicted molar refractivity (Wildman–Crippen MR) is 76.1 cm³/mol. The van der Waals surface area contributed by atoms with Crippen LogP contribution in [0.5, 0.6) is 11.5 Å². The highest BCUT2D eigenvalue weighted by Crippen LogP contribution is 2.43. The molecule has 0 bridgehead atoms. The van der Waals surface area contributed by atoms with Gasteiger partial charge >= 0.3 is 5.97 Å². The second-order valence-electron chi connectivity index (χ2n) is 3.79. The minimum Gasteiger partial charge on any atom is -0.495 e. The molecule has 2 aromatic rings. The van der Waals surface area contributed by atoms with Crippen LogP contribution in [0.25, 0.3) is 10.8 Å². The molecule has 0 heterocycles. The molecule has 19 heavy (non-hydrogen) atoms. The number of carbonyl (C=O) groups excluding carboxylic acids is 1. The van der Waals surface area contributed by atoms with Crippen LogP contribution in [0.3, 0.4) is 0 Å². The number of halogens is 1. The highest BCUT2D eigenvalue weighted by atomic mass is 79.9. The van der Waals surface area contributed by atoms with E-state index in [1.165, 1.54) is 14.2 Å². The van der Waals surface area contributed by atoms with Gasteiger partial charge < -0.3 is 14.2 Å². The third-order valence-corrected chi connectivity index (χ3v) is 3.62. The number of hydrogen-bond donors (Lipinski definition) is 0. The van der Waals surface area contributed by atoms with E-state index in [0.717, 1.165) is 10.8 Å². The number of fused-ring (bicyclic) bond motifs is 1. The summed E-state index contributed by atoms with van der Waals surface area (Å²) >= 11 is 3.39. The molecule has 0 fully saturated rings. The normalized spacial score (nSPS) is 10.3. The average Bonchev–Trinajstić information content (AvgIpc) is 2.45. The van der Waals surface area contributed by atoms with Crippen LogP contribution in [0.15, 0.2) is 28.7 Å². The van der Waals surface area contributed by atoms with Gasteiger partial charge in [0.05, 0.1) is 25.8 Å². The van der Waals surface area contributed by atoms with E-state index in [2.05, 4.69) is 15.9 Å². The number of benzene rings is 2. The van der Waals surface area contributed by atoms with Gasteiger partial charge in [0.15, 0.2) is 0 Å². The largest absolute Gasteiger partial charge is 0.495 e. The van der Waals surface area contributed by atoms with Crippen molar-refractivity contribution in [1.82, 2.24) is 0 Å². The van der Waals surface area contributed by atoms with Crippen molar-refractivity contribution in [1.29, 1.82) is 0 Å². The lowest BCUT2D eigenvalue weighted by atomic mass is 10.0. The Bertz CT molecular complexity index is 637. The van der Waals surface area contributed by atoms with Crippen molar-refractivity contribution >= 4 is 32.7 Å². The van der Waals surface area contributed by atoms with Gasteiger partial charge in [0.1, 0.15) is 17.1 Å². The predicted octanol–water partition coefficient (Wildman–Crippen LogP) is 3.41. The Morgan fingerprint density at radius 3 is 2.00 bits per heavy atom. The minimum absolute atomic E-state index is 0.320. The molecule has 5 heteroatoms. The van der Waals surface area contributed by atoms with Gasteiger partial charge in [-0.25, -0.2) is 4.79 Å². The van der Waals surface area contributed by atoms with Gasteiger partial charge in [-0.3, -0.25) is 0 Å². The Morgan fingerprint density at radius 2 is 1.53 bits per heavy atom. The molecular weight excluding hydrogens is 312 g/mol. The van der Waals surface area contributed by atoms with Gasteiger partial charge in [0.2, 0.25) is 0 Å². The average molecular weight is 325 g/mol. The molecule has 0 aromatic heterocycles. The second kappa shape index (κ2) is 5.48. The first-order valence-electron chi connectivity index (χ1n) is 5.56. The van der Waals surface area contributed by atoms with Crippen molar-refractivity contribution < 1.29 is 19.0 Å². The molecule has 0 unspecified atom stereocenters. The van der Waals surface area contributed by atoms with E-state index >= 15 is 0 Å². The third kappa shape index (κ3) is 2.14. The maximum atomic E-state index is 11.9. The van der Waals surface area contributed by atoms with Gasteiger partial charge in [-0.2, -0.15) is 0 Å². The molecule has 0 aliphatic heterocycles. The fourth-order valence-corrected chi connectivity index (χ4v) is 2.76. The Kier molecular flexibility index (Phi) is 3.95. The van der Waals surface area contributed by atoms with Crippen molar-refractivity contribution in [3.8, 4) is 11.5 Å². The highest BCUT2D eigenvalue weighted by Gasteiger charge is 2.24. The minimum atomic E-state index is -0.479. The molecule has 100 valence electrons. The Labute approximate surface area is 119 Å². The van der Waals surface area contributed by atoms with Gasteiger partial charge in [-0.15, -0.1) is 0 Å². The fourth-order valence-electron chi connectivity index (χ4n) is 2.04.